The first-order valence-electron chi connectivity index (χ1n) is 9.37. The van der Waals surface area contributed by atoms with Crippen LogP contribution in [0.3, 0.4) is 0 Å². The number of halogens is 15. The summed E-state index contributed by atoms with van der Waals surface area (Å²) in [5.41, 5.74) is 0. The van der Waals surface area contributed by atoms with Crippen molar-refractivity contribution < 1.29 is 88.9 Å². The Morgan fingerprint density at radius 1 is 0.622 bits per heavy atom. The average Bonchev–Trinajstić information content (AvgIpc) is 2.73. The summed E-state index contributed by atoms with van der Waals surface area (Å²) < 4.78 is 231. The maximum absolute atomic E-state index is 14.1. The maximum Gasteiger partial charge on any atom is 0.460 e. The van der Waals surface area contributed by atoms with Crippen molar-refractivity contribution in [3.63, 3.8) is 0 Å². The van der Waals surface area contributed by atoms with Gasteiger partial charge in [-0.15, -0.1) is 0 Å². The number of aliphatic hydroxyl groups excluding tert-OH is 1. The van der Waals surface area contributed by atoms with Crippen molar-refractivity contribution in [1.82, 2.24) is 4.31 Å². The fourth-order valence-corrected chi connectivity index (χ4v) is 3.71. The molecule has 0 amide bonds. The van der Waals surface area contributed by atoms with Crippen molar-refractivity contribution in [3.05, 3.63) is 0 Å². The van der Waals surface area contributed by atoms with E-state index in [0.717, 1.165) is 0 Å². The van der Waals surface area contributed by atoms with Crippen LogP contribution in [0.2, 0.25) is 0 Å². The average molecular weight is 609 g/mol. The number of aliphatic hydroxyl groups is 1. The molecule has 0 spiro atoms. The van der Waals surface area contributed by atoms with E-state index in [1.165, 1.54) is 0 Å². The predicted octanol–water partition coefficient (Wildman–Crippen LogP) is 4.00. The maximum atomic E-state index is 14.1. The standard InChI is InChI=1S/C15H18F15NO5S/c1-2-31(3-5-35-7-8-36-6-4-32)37(33,34)15(29,30)13(24,25)11(20,21)9(16,17)10(18,19)12(22,23)14(26,27)28/h32H,2-8H2,1H3. The molecule has 6 nitrogen and oxygen atoms in total. The molecule has 0 aliphatic rings. The minimum Gasteiger partial charge on any atom is -0.394 e. The normalized spacial score (nSPS) is 15.5. The molecule has 0 aromatic heterocycles. The van der Waals surface area contributed by atoms with Crippen LogP contribution in [-0.2, 0) is 19.5 Å². The lowest BCUT2D eigenvalue weighted by molar-refractivity contribution is -0.447. The first-order valence-corrected chi connectivity index (χ1v) is 10.8. The number of alkyl halides is 15. The monoisotopic (exact) mass is 609 g/mol. The Bertz CT molecular complexity index is 847. The van der Waals surface area contributed by atoms with Gasteiger partial charge in [0.2, 0.25) is 0 Å². The number of ether oxygens (including phenoxy) is 2. The molecule has 0 rings (SSSR count). The Morgan fingerprint density at radius 3 is 1.38 bits per heavy atom. The van der Waals surface area contributed by atoms with Gasteiger partial charge in [-0.05, 0) is 0 Å². The largest absolute Gasteiger partial charge is 0.460 e. The molecule has 0 atom stereocenters. The van der Waals surface area contributed by atoms with Gasteiger partial charge in [-0.25, -0.2) is 8.42 Å². The van der Waals surface area contributed by atoms with Crippen LogP contribution in [0.1, 0.15) is 6.92 Å². The van der Waals surface area contributed by atoms with E-state index in [-0.39, 0.29) is 13.2 Å². The van der Waals surface area contributed by atoms with Crippen LogP contribution >= 0.6 is 0 Å². The smallest absolute Gasteiger partial charge is 0.394 e. The molecule has 0 saturated carbocycles. The zero-order chi connectivity index (χ0) is 29.9. The Balaban J connectivity index is 6.23. The van der Waals surface area contributed by atoms with E-state index in [9.17, 15) is 74.3 Å². The third-order valence-corrected chi connectivity index (χ3v) is 6.43. The van der Waals surface area contributed by atoms with Crippen LogP contribution in [0.4, 0.5) is 65.9 Å². The summed E-state index contributed by atoms with van der Waals surface area (Å²) in [6, 6.07) is 0. The van der Waals surface area contributed by atoms with Crippen molar-refractivity contribution in [3.8, 4) is 0 Å². The SMILES string of the molecule is CCN(CCOCCOCCO)S(=O)(=O)C(F)(F)C(F)(F)C(F)(F)C(F)(F)C(F)(F)C(F)(F)C(F)(F)F. The highest BCUT2D eigenvalue weighted by Crippen LogP contribution is 2.63. The Labute approximate surface area is 198 Å². The van der Waals surface area contributed by atoms with E-state index in [1.807, 2.05) is 0 Å². The van der Waals surface area contributed by atoms with Crippen LogP contribution < -0.4 is 0 Å². The number of rotatable bonds is 16. The van der Waals surface area contributed by atoms with Crippen LogP contribution in [0.15, 0.2) is 0 Å². The summed E-state index contributed by atoms with van der Waals surface area (Å²) in [6.07, 6.45) is -7.76. The third kappa shape index (κ3) is 6.01. The molecule has 0 radical (unpaired) electrons. The molecule has 0 heterocycles. The number of sulfonamides is 1. The van der Waals surface area contributed by atoms with Crippen molar-refractivity contribution in [2.75, 3.05) is 46.1 Å². The van der Waals surface area contributed by atoms with Crippen LogP contribution in [0, 0.1) is 0 Å². The molecule has 0 aromatic carbocycles. The molecule has 0 aliphatic heterocycles. The molecule has 0 saturated heterocycles. The number of nitrogens with zero attached hydrogens (tertiary/aromatic N) is 1. The zero-order valence-corrected chi connectivity index (χ0v) is 18.9. The minimum atomic E-state index is -8.59. The lowest BCUT2D eigenvalue weighted by Crippen LogP contribution is -2.73. The van der Waals surface area contributed by atoms with E-state index in [1.54, 1.807) is 0 Å². The first kappa shape index (κ1) is 35.7. The van der Waals surface area contributed by atoms with E-state index in [2.05, 4.69) is 9.47 Å². The zero-order valence-electron chi connectivity index (χ0n) is 18.1. The molecule has 0 fully saturated rings. The molecule has 0 aliphatic carbocycles. The molecule has 0 bridgehead atoms. The third-order valence-electron chi connectivity index (χ3n) is 4.41. The fraction of sp³-hybridized carbons (Fsp3) is 1.00. The lowest BCUT2D eigenvalue weighted by atomic mass is 9.94. The second kappa shape index (κ2) is 11.5. The second-order valence-electron chi connectivity index (χ2n) is 6.83. The molecule has 0 unspecified atom stereocenters. The summed E-state index contributed by atoms with van der Waals surface area (Å²) >= 11 is 0. The number of hydrogen-bond acceptors (Lipinski definition) is 5. The van der Waals surface area contributed by atoms with Gasteiger partial charge in [-0.3, -0.25) is 0 Å². The van der Waals surface area contributed by atoms with Crippen molar-refractivity contribution >= 4 is 10.0 Å². The number of hydrogen-bond donors (Lipinski definition) is 1. The Hall–Kier alpha value is -1.26. The van der Waals surface area contributed by atoms with Gasteiger partial charge in [0.25, 0.3) is 10.0 Å². The quantitative estimate of drug-likeness (QED) is 0.212. The van der Waals surface area contributed by atoms with E-state index in [4.69, 9.17) is 5.11 Å². The predicted molar refractivity (Wildman–Crippen MR) is 90.6 cm³/mol. The molecule has 22 heteroatoms. The molecular formula is C15H18F15NO5S. The van der Waals surface area contributed by atoms with Crippen LogP contribution in [0.25, 0.3) is 0 Å². The summed E-state index contributed by atoms with van der Waals surface area (Å²) in [6.45, 7) is -4.33. The molecule has 1 N–H and O–H groups in total. The van der Waals surface area contributed by atoms with Gasteiger partial charge in [-0.2, -0.15) is 70.2 Å². The summed E-state index contributed by atoms with van der Waals surface area (Å²) in [5, 5.41) is 0.970. The first-order chi connectivity index (χ1) is 16.3. The number of likely N-dealkylation sites (N-methyl/N-ethyl adjacent to an activating group) is 1. The molecular weight excluding hydrogens is 591 g/mol. The van der Waals surface area contributed by atoms with Crippen molar-refractivity contribution in [1.29, 1.82) is 0 Å². The lowest BCUT2D eigenvalue weighted by Gasteiger charge is -2.41. The molecule has 0 aromatic rings. The summed E-state index contributed by atoms with van der Waals surface area (Å²) in [7, 11) is -7.22. The summed E-state index contributed by atoms with van der Waals surface area (Å²) in [4.78, 5) is 0. The van der Waals surface area contributed by atoms with Gasteiger partial charge in [0.1, 0.15) is 0 Å². The van der Waals surface area contributed by atoms with Gasteiger partial charge in [-0.1, -0.05) is 6.92 Å². The van der Waals surface area contributed by atoms with Gasteiger partial charge < -0.3 is 14.6 Å². The molecule has 224 valence electrons. The topological polar surface area (TPSA) is 76.1 Å². The minimum absolute atomic E-state index is 0.201. The van der Waals surface area contributed by atoms with Crippen molar-refractivity contribution in [2.45, 2.75) is 48.0 Å². The Morgan fingerprint density at radius 2 is 1.00 bits per heavy atom. The highest BCUT2D eigenvalue weighted by Gasteiger charge is 2.94. The fourth-order valence-electron chi connectivity index (χ4n) is 2.28. The highest BCUT2D eigenvalue weighted by atomic mass is 32.2. The van der Waals surface area contributed by atoms with E-state index >= 15 is 0 Å². The van der Waals surface area contributed by atoms with Crippen LogP contribution in [-0.4, -0.2) is 105 Å². The Kier molecular flexibility index (Phi) is 11.1. The van der Waals surface area contributed by atoms with E-state index in [0.29, 0.717) is 6.92 Å². The van der Waals surface area contributed by atoms with Gasteiger partial charge in [0.05, 0.1) is 33.0 Å². The van der Waals surface area contributed by atoms with Crippen LogP contribution in [0.5, 0.6) is 0 Å². The summed E-state index contributed by atoms with van der Waals surface area (Å²) in [5.74, 6) is -41.9. The van der Waals surface area contributed by atoms with Gasteiger partial charge >= 0.3 is 41.0 Å². The van der Waals surface area contributed by atoms with Crippen molar-refractivity contribution in [2.24, 2.45) is 0 Å². The van der Waals surface area contributed by atoms with E-state index < -0.39 is 88.3 Å². The highest BCUT2D eigenvalue weighted by molar-refractivity contribution is 7.90. The van der Waals surface area contributed by atoms with Gasteiger partial charge in [0.15, 0.2) is 0 Å². The second-order valence-corrected chi connectivity index (χ2v) is 8.81. The van der Waals surface area contributed by atoms with Gasteiger partial charge in [0, 0.05) is 13.1 Å². The molecule has 37 heavy (non-hydrogen) atoms.